The molecule has 0 spiro atoms. The van der Waals surface area contributed by atoms with E-state index < -0.39 is 94.4 Å². The molecule has 3 fully saturated rings. The molecule has 7 rings (SSSR count). The number of halogens is 1. The lowest BCUT2D eigenvalue weighted by atomic mass is 9.72. The maximum Gasteiger partial charge on any atom is 0.201 e. The summed E-state index contributed by atoms with van der Waals surface area (Å²) in [6.07, 6.45) is -4.47. The molecular weight excluding hydrogens is 581 g/mol. The van der Waals surface area contributed by atoms with Crippen molar-refractivity contribution in [2.24, 2.45) is 0 Å². The van der Waals surface area contributed by atoms with Crippen molar-refractivity contribution >= 4 is 17.3 Å². The van der Waals surface area contributed by atoms with Crippen molar-refractivity contribution in [2.45, 2.75) is 81.9 Å². The smallest absolute Gasteiger partial charge is 0.201 e. The van der Waals surface area contributed by atoms with Gasteiger partial charge in [0.15, 0.2) is 30.4 Å². The van der Waals surface area contributed by atoms with Crippen LogP contribution in [0.1, 0.15) is 75.8 Å². The summed E-state index contributed by atoms with van der Waals surface area (Å²) in [4.78, 5) is 41.8. The number of hydrogen-bond acceptors (Lipinski definition) is 12. The Kier molecular flexibility index (Phi) is 6.94. The van der Waals surface area contributed by atoms with Gasteiger partial charge in [-0.2, -0.15) is 0 Å². The number of carbonyl (C=O) groups is 3. The van der Waals surface area contributed by atoms with Crippen LogP contribution in [-0.4, -0.2) is 100 Å². The van der Waals surface area contributed by atoms with E-state index in [4.69, 9.17) is 23.7 Å². The van der Waals surface area contributed by atoms with Crippen molar-refractivity contribution in [3.63, 3.8) is 0 Å². The lowest BCUT2D eigenvalue weighted by Crippen LogP contribution is -2.55. The molecule has 3 heterocycles. The van der Waals surface area contributed by atoms with Crippen LogP contribution in [0.3, 0.4) is 0 Å². The van der Waals surface area contributed by atoms with Gasteiger partial charge in [0, 0.05) is 55.6 Å². The minimum absolute atomic E-state index is 0.0714. The zero-order valence-corrected chi connectivity index (χ0v) is 24.2. The first-order valence-electron chi connectivity index (χ1n) is 14.5. The molecule has 0 unspecified atom stereocenters. The topological polar surface area (TPSA) is 161 Å². The fraction of sp³-hybridized carbons (Fsp3) is 0.516. The van der Waals surface area contributed by atoms with Crippen LogP contribution in [0.25, 0.3) is 0 Å². The highest BCUT2D eigenvalue weighted by Gasteiger charge is 2.55. The lowest BCUT2D eigenvalue weighted by molar-refractivity contribution is -0.256. The molecule has 2 aliphatic carbocycles. The van der Waals surface area contributed by atoms with E-state index in [1.54, 1.807) is 0 Å². The molecule has 12 nitrogen and oxygen atoms in total. The highest BCUT2D eigenvalue weighted by Crippen LogP contribution is 2.52. The molecule has 13 heteroatoms. The molecule has 5 aliphatic rings. The molecule has 0 amide bonds. The summed E-state index contributed by atoms with van der Waals surface area (Å²) < 4.78 is 44.7. The van der Waals surface area contributed by atoms with Crippen LogP contribution in [0.4, 0.5) is 4.39 Å². The number of ketones is 3. The maximum absolute atomic E-state index is 14.8. The number of fused-ring (bicyclic) bond motifs is 6. The largest absolute Gasteiger partial charge is 0.507 e. The number of rotatable bonds is 4. The number of hydrogen-bond donors (Lipinski definition) is 3. The molecule has 234 valence electrons. The van der Waals surface area contributed by atoms with Gasteiger partial charge in [0.1, 0.15) is 29.0 Å². The summed E-state index contributed by atoms with van der Waals surface area (Å²) in [5, 5.41) is 34.4. The van der Waals surface area contributed by atoms with Crippen molar-refractivity contribution in [2.75, 3.05) is 20.3 Å². The Morgan fingerprint density at radius 1 is 1.11 bits per heavy atom. The van der Waals surface area contributed by atoms with Crippen LogP contribution in [0, 0.1) is 5.82 Å². The Balaban J connectivity index is 1.29. The van der Waals surface area contributed by atoms with E-state index in [-0.39, 0.29) is 35.3 Å². The fourth-order valence-electron chi connectivity index (χ4n) is 7.42. The van der Waals surface area contributed by atoms with Crippen LogP contribution in [-0.2, 0) is 34.9 Å². The van der Waals surface area contributed by atoms with Crippen LogP contribution >= 0.6 is 0 Å². The number of phenolic OH excluding ortho intramolecular Hbond substituents is 2. The normalized spacial score (nSPS) is 34.5. The van der Waals surface area contributed by atoms with Gasteiger partial charge in [-0.1, -0.05) is 12.1 Å². The van der Waals surface area contributed by atoms with Gasteiger partial charge in [-0.15, -0.1) is 0 Å². The maximum atomic E-state index is 14.8. The second-order valence-electron chi connectivity index (χ2n) is 12.0. The molecule has 3 N–H and O–H groups in total. The zero-order valence-electron chi connectivity index (χ0n) is 24.2. The number of phenols is 2. The van der Waals surface area contributed by atoms with Crippen molar-refractivity contribution in [1.82, 2.24) is 4.90 Å². The number of carbonyl (C=O) groups excluding carboxylic acids is 3. The van der Waals surface area contributed by atoms with Crippen molar-refractivity contribution in [3.8, 4) is 11.5 Å². The molecule has 3 aliphatic heterocycles. The average Bonchev–Trinajstić information content (AvgIpc) is 3.37. The van der Waals surface area contributed by atoms with Gasteiger partial charge in [-0.25, -0.2) is 4.39 Å². The van der Waals surface area contributed by atoms with Crippen LogP contribution in [0.2, 0.25) is 0 Å². The van der Waals surface area contributed by atoms with Gasteiger partial charge in [0.05, 0.1) is 35.5 Å². The molecular formula is C31H32FNO11. The third kappa shape index (κ3) is 4.18. The Labute approximate surface area is 251 Å². The number of morpholine rings is 1. The number of nitrogens with zero attached hydrogens (tertiary/aromatic N) is 1. The number of methoxy groups -OCH3 is 1. The molecule has 0 saturated carbocycles. The number of aromatic hydroxyl groups is 2. The highest BCUT2D eigenvalue weighted by atomic mass is 19.1. The number of benzene rings is 2. The van der Waals surface area contributed by atoms with Gasteiger partial charge < -0.3 is 39.0 Å². The van der Waals surface area contributed by atoms with E-state index in [0.29, 0.717) is 19.6 Å². The van der Waals surface area contributed by atoms with Crippen molar-refractivity contribution < 1.29 is 57.8 Å². The summed E-state index contributed by atoms with van der Waals surface area (Å²) in [5.41, 5.74) is -4.07. The quantitative estimate of drug-likeness (QED) is 0.367. The Morgan fingerprint density at radius 3 is 2.59 bits per heavy atom. The monoisotopic (exact) mass is 613 g/mol. The summed E-state index contributed by atoms with van der Waals surface area (Å²) in [7, 11) is 1.54. The fourth-order valence-corrected chi connectivity index (χ4v) is 7.42. The first-order valence-corrected chi connectivity index (χ1v) is 14.5. The number of ether oxygens (including phenoxy) is 5. The first-order chi connectivity index (χ1) is 20.9. The van der Waals surface area contributed by atoms with E-state index in [1.807, 2.05) is 6.92 Å². The molecule has 0 bridgehead atoms. The van der Waals surface area contributed by atoms with E-state index in [9.17, 15) is 34.1 Å². The molecule has 44 heavy (non-hydrogen) atoms. The van der Waals surface area contributed by atoms with Crippen molar-refractivity contribution in [1.29, 1.82) is 0 Å². The summed E-state index contributed by atoms with van der Waals surface area (Å²) in [6.45, 7) is 4.02. The average molecular weight is 614 g/mol. The van der Waals surface area contributed by atoms with E-state index >= 15 is 0 Å². The van der Waals surface area contributed by atoms with Gasteiger partial charge in [0.25, 0.3) is 0 Å². The van der Waals surface area contributed by atoms with E-state index in [1.165, 1.54) is 26.2 Å². The first kappa shape index (κ1) is 29.4. The second kappa shape index (κ2) is 10.4. The second-order valence-corrected chi connectivity index (χ2v) is 12.0. The van der Waals surface area contributed by atoms with Gasteiger partial charge in [0.2, 0.25) is 5.78 Å². The van der Waals surface area contributed by atoms with E-state index in [0.717, 1.165) is 6.07 Å². The molecule has 2 aromatic carbocycles. The summed E-state index contributed by atoms with van der Waals surface area (Å²) in [5.74, 6) is -4.78. The summed E-state index contributed by atoms with van der Waals surface area (Å²) >= 11 is 0. The van der Waals surface area contributed by atoms with Gasteiger partial charge in [-0.05, 0) is 19.9 Å². The minimum atomic E-state index is -2.03. The van der Waals surface area contributed by atoms with Crippen LogP contribution in [0.15, 0.2) is 18.2 Å². The SMILES string of the molecule is CO[C@H]1OCCN2[C@@H]1O[C@@H]1[C@H](C)O[C@@H](O[C@H]3C[C@](O)(C(C)=O)Cc4c(O)c5c(c(O)c43)C(=O)c3c(F)cccc3C5=O)C[C@@H]12. The van der Waals surface area contributed by atoms with E-state index in [2.05, 4.69) is 4.90 Å². The number of aliphatic hydroxyl groups is 1. The molecule has 0 radical (unpaired) electrons. The van der Waals surface area contributed by atoms with Gasteiger partial charge >= 0.3 is 0 Å². The minimum Gasteiger partial charge on any atom is -0.507 e. The lowest BCUT2D eigenvalue weighted by Gasteiger charge is -2.43. The summed E-state index contributed by atoms with van der Waals surface area (Å²) in [6, 6.07) is 3.38. The standard InChI is InChI=1S/C31H32FNO11/c1-12-28-17(33-7-8-41-30(40-3)29(33)44-28)9-19(42-12)43-18-11-31(39,13(2)34)10-15-21(18)27(38)23-22(25(15)36)24(35)14-5-4-6-16(32)20(14)26(23)37/h4-6,12,17-19,28-30,36,38-39H,7-11H2,1-3H3/t12-,17-,18-,19-,28+,29+,30-,31-/m0/s1. The molecule has 2 aromatic rings. The van der Waals surface area contributed by atoms with Crippen LogP contribution < -0.4 is 0 Å². The Bertz CT molecular complexity index is 1590. The Hall–Kier alpha value is -3.30. The zero-order chi connectivity index (χ0) is 31.2. The highest BCUT2D eigenvalue weighted by molar-refractivity contribution is 6.30. The predicted octanol–water partition coefficient (Wildman–Crippen LogP) is 1.87. The van der Waals surface area contributed by atoms with Gasteiger partial charge in [-0.3, -0.25) is 19.3 Å². The third-order valence-electron chi connectivity index (χ3n) is 9.60. The van der Waals surface area contributed by atoms with Crippen molar-refractivity contribution in [3.05, 3.63) is 57.4 Å². The van der Waals surface area contributed by atoms with Crippen LogP contribution in [0.5, 0.6) is 11.5 Å². The third-order valence-corrected chi connectivity index (χ3v) is 9.60. The molecule has 8 atom stereocenters. The molecule has 3 saturated heterocycles. The number of Topliss-reactive ketones (excluding diaryl/α,β-unsaturated/α-hetero) is 1. The predicted molar refractivity (Wildman–Crippen MR) is 146 cm³/mol. The Morgan fingerprint density at radius 2 is 1.86 bits per heavy atom. The molecule has 0 aromatic heterocycles.